The van der Waals surface area contributed by atoms with Gasteiger partial charge in [-0.05, 0) is 44.9 Å². The predicted molar refractivity (Wildman–Crippen MR) is 122 cm³/mol. The molecule has 0 amide bonds. The maximum absolute atomic E-state index is 11.9. The Hall–Kier alpha value is -1.03. The van der Waals surface area contributed by atoms with Crippen molar-refractivity contribution in [1.82, 2.24) is 10.2 Å². The van der Waals surface area contributed by atoms with E-state index < -0.39 is 0 Å². The second kappa shape index (κ2) is 12.4. The second-order valence-electron chi connectivity index (χ2n) is 6.14. The third-order valence-corrected chi connectivity index (χ3v) is 4.88. The number of hydrogen-bond donors (Lipinski definition) is 1. The van der Waals surface area contributed by atoms with Crippen LogP contribution in [-0.2, 0) is 16.1 Å². The summed E-state index contributed by atoms with van der Waals surface area (Å²) < 4.78 is 11.6. The monoisotopic (exact) mass is 553 g/mol. The number of nitrogens with zero attached hydrogens (tertiary/aromatic N) is 2. The minimum absolute atomic E-state index is 0. The zero-order chi connectivity index (χ0) is 18.9. The van der Waals surface area contributed by atoms with Gasteiger partial charge in [0.1, 0.15) is 5.75 Å². The minimum Gasteiger partial charge on any atom is -0.496 e. The standard InChI is InChI=1S/C19H28BrN3O3.HI/c1-4-21-19(22-13-15-12-16(20)6-7-17(15)25-3)23-10-8-14(9-11-23)18(24)26-5-2;/h6-7,12,14H,4-5,8-11,13H2,1-3H3,(H,21,22);1H. The number of ether oxygens (including phenoxy) is 2. The lowest BCUT2D eigenvalue weighted by molar-refractivity contribution is -0.149. The van der Waals surface area contributed by atoms with E-state index in [9.17, 15) is 4.79 Å². The molecule has 152 valence electrons. The van der Waals surface area contributed by atoms with Gasteiger partial charge in [-0.15, -0.1) is 24.0 Å². The first-order chi connectivity index (χ1) is 12.6. The van der Waals surface area contributed by atoms with E-state index in [1.807, 2.05) is 25.1 Å². The Balaban J connectivity index is 0.00000364. The molecular weight excluding hydrogens is 525 g/mol. The van der Waals surface area contributed by atoms with Gasteiger partial charge < -0.3 is 19.7 Å². The summed E-state index contributed by atoms with van der Waals surface area (Å²) in [7, 11) is 1.67. The van der Waals surface area contributed by atoms with Crippen LogP contribution in [0, 0.1) is 5.92 Å². The molecule has 1 heterocycles. The van der Waals surface area contributed by atoms with E-state index in [-0.39, 0.29) is 35.9 Å². The van der Waals surface area contributed by atoms with Gasteiger partial charge in [0.2, 0.25) is 0 Å². The van der Waals surface area contributed by atoms with E-state index in [1.54, 1.807) is 7.11 Å². The minimum atomic E-state index is -0.0760. The first-order valence-corrected chi connectivity index (χ1v) is 9.90. The molecule has 0 aromatic heterocycles. The Morgan fingerprint density at radius 2 is 2.04 bits per heavy atom. The van der Waals surface area contributed by atoms with Crippen molar-refractivity contribution < 1.29 is 14.3 Å². The Kier molecular flexibility index (Phi) is 11.1. The Bertz CT molecular complexity index is 635. The summed E-state index contributed by atoms with van der Waals surface area (Å²) in [6, 6.07) is 5.92. The quantitative estimate of drug-likeness (QED) is 0.251. The molecule has 0 spiro atoms. The molecule has 1 aliphatic rings. The van der Waals surface area contributed by atoms with Crippen molar-refractivity contribution in [2.45, 2.75) is 33.2 Å². The molecule has 0 unspecified atom stereocenters. The summed E-state index contributed by atoms with van der Waals surface area (Å²) in [6.07, 6.45) is 1.59. The van der Waals surface area contributed by atoms with Gasteiger partial charge in [-0.25, -0.2) is 4.99 Å². The maximum atomic E-state index is 11.9. The normalized spacial score (nSPS) is 15.1. The molecule has 0 radical (unpaired) electrons. The fourth-order valence-corrected chi connectivity index (χ4v) is 3.45. The van der Waals surface area contributed by atoms with Crippen molar-refractivity contribution in [2.75, 3.05) is 33.4 Å². The van der Waals surface area contributed by atoms with Crippen molar-refractivity contribution >= 4 is 51.8 Å². The molecule has 1 N–H and O–H groups in total. The van der Waals surface area contributed by atoms with Crippen LogP contribution in [0.3, 0.4) is 0 Å². The van der Waals surface area contributed by atoms with Crippen LogP contribution in [0.4, 0.5) is 0 Å². The number of benzene rings is 1. The highest BCUT2D eigenvalue weighted by Crippen LogP contribution is 2.24. The first kappa shape index (κ1) is 24.0. The number of carbonyl (C=O) groups is 1. The van der Waals surface area contributed by atoms with Crippen LogP contribution in [0.1, 0.15) is 32.3 Å². The molecule has 27 heavy (non-hydrogen) atoms. The van der Waals surface area contributed by atoms with E-state index in [2.05, 4.69) is 33.1 Å². The average molecular weight is 554 g/mol. The van der Waals surface area contributed by atoms with Crippen LogP contribution in [0.5, 0.6) is 5.75 Å². The summed E-state index contributed by atoms with van der Waals surface area (Å²) in [5.41, 5.74) is 1.03. The predicted octanol–water partition coefficient (Wildman–Crippen LogP) is 3.82. The van der Waals surface area contributed by atoms with Gasteiger partial charge in [-0.1, -0.05) is 15.9 Å². The highest BCUT2D eigenvalue weighted by atomic mass is 127. The van der Waals surface area contributed by atoms with Gasteiger partial charge >= 0.3 is 5.97 Å². The molecule has 1 aliphatic heterocycles. The molecule has 0 aliphatic carbocycles. The van der Waals surface area contributed by atoms with Crippen LogP contribution >= 0.6 is 39.9 Å². The number of carbonyl (C=O) groups excluding carboxylic acids is 1. The lowest BCUT2D eigenvalue weighted by atomic mass is 9.97. The molecule has 1 saturated heterocycles. The molecule has 2 rings (SSSR count). The summed E-state index contributed by atoms with van der Waals surface area (Å²) in [5.74, 6) is 1.62. The fraction of sp³-hybridized carbons (Fsp3) is 0.579. The van der Waals surface area contributed by atoms with Gasteiger partial charge in [0.25, 0.3) is 0 Å². The van der Waals surface area contributed by atoms with E-state index >= 15 is 0 Å². The average Bonchev–Trinajstić information content (AvgIpc) is 2.65. The van der Waals surface area contributed by atoms with Crippen LogP contribution in [0.15, 0.2) is 27.7 Å². The molecule has 0 saturated carbocycles. The summed E-state index contributed by atoms with van der Waals surface area (Å²) in [4.78, 5) is 18.9. The molecule has 0 atom stereocenters. The van der Waals surface area contributed by atoms with Crippen molar-refractivity contribution in [2.24, 2.45) is 10.9 Å². The Labute approximate surface area is 187 Å². The molecule has 8 heteroatoms. The molecule has 1 aromatic rings. The number of guanidine groups is 1. The number of methoxy groups -OCH3 is 1. The summed E-state index contributed by atoms with van der Waals surface area (Å²) in [6.45, 7) is 7.27. The third kappa shape index (κ3) is 7.14. The lowest BCUT2D eigenvalue weighted by Crippen LogP contribution is -2.46. The van der Waals surface area contributed by atoms with E-state index in [0.29, 0.717) is 13.2 Å². The number of hydrogen-bond acceptors (Lipinski definition) is 4. The highest BCUT2D eigenvalue weighted by molar-refractivity contribution is 14.0. The van der Waals surface area contributed by atoms with Gasteiger partial charge in [0.05, 0.1) is 26.2 Å². The fourth-order valence-electron chi connectivity index (χ4n) is 3.04. The molecule has 0 bridgehead atoms. The number of esters is 1. The van der Waals surface area contributed by atoms with Gasteiger partial charge in [0, 0.05) is 29.7 Å². The maximum Gasteiger partial charge on any atom is 0.309 e. The smallest absolute Gasteiger partial charge is 0.309 e. The van der Waals surface area contributed by atoms with Crippen LogP contribution in [0.25, 0.3) is 0 Å². The number of piperidine rings is 1. The van der Waals surface area contributed by atoms with Gasteiger partial charge in [-0.2, -0.15) is 0 Å². The van der Waals surface area contributed by atoms with Crippen molar-refractivity contribution in [1.29, 1.82) is 0 Å². The summed E-state index contributed by atoms with van der Waals surface area (Å²) >= 11 is 3.50. The number of halogens is 2. The van der Waals surface area contributed by atoms with E-state index in [4.69, 9.17) is 14.5 Å². The second-order valence-corrected chi connectivity index (χ2v) is 7.06. The molecular formula is C19H29BrIN3O3. The van der Waals surface area contributed by atoms with E-state index in [1.165, 1.54) is 0 Å². The number of likely N-dealkylation sites (tertiary alicyclic amines) is 1. The molecule has 1 aromatic carbocycles. The van der Waals surface area contributed by atoms with E-state index in [0.717, 1.165) is 54.2 Å². The van der Waals surface area contributed by atoms with Gasteiger partial charge in [0.15, 0.2) is 5.96 Å². The van der Waals surface area contributed by atoms with Crippen molar-refractivity contribution in [3.63, 3.8) is 0 Å². The van der Waals surface area contributed by atoms with Crippen molar-refractivity contribution in [3.05, 3.63) is 28.2 Å². The first-order valence-electron chi connectivity index (χ1n) is 9.11. The Morgan fingerprint density at radius 3 is 2.63 bits per heavy atom. The largest absolute Gasteiger partial charge is 0.496 e. The molecule has 6 nitrogen and oxygen atoms in total. The van der Waals surface area contributed by atoms with Crippen molar-refractivity contribution in [3.8, 4) is 5.75 Å². The topological polar surface area (TPSA) is 63.2 Å². The zero-order valence-corrected chi connectivity index (χ0v) is 20.1. The van der Waals surface area contributed by atoms with Crippen LogP contribution < -0.4 is 10.1 Å². The van der Waals surface area contributed by atoms with Crippen LogP contribution in [0.2, 0.25) is 0 Å². The number of aliphatic imine (C=N–C) groups is 1. The number of rotatable bonds is 6. The lowest BCUT2D eigenvalue weighted by Gasteiger charge is -2.33. The third-order valence-electron chi connectivity index (χ3n) is 4.39. The van der Waals surface area contributed by atoms with Gasteiger partial charge in [-0.3, -0.25) is 4.79 Å². The number of nitrogens with one attached hydrogen (secondary N) is 1. The van der Waals surface area contributed by atoms with Crippen LogP contribution in [-0.4, -0.2) is 50.2 Å². The SMILES string of the molecule is CCNC(=NCc1cc(Br)ccc1OC)N1CCC(C(=O)OCC)CC1.I. The zero-order valence-electron chi connectivity index (χ0n) is 16.2. The highest BCUT2D eigenvalue weighted by Gasteiger charge is 2.27. The molecule has 1 fully saturated rings. The Morgan fingerprint density at radius 1 is 1.33 bits per heavy atom. The summed E-state index contributed by atoms with van der Waals surface area (Å²) in [5, 5.41) is 3.35.